The van der Waals surface area contributed by atoms with Gasteiger partial charge in [-0.15, -0.1) is 24.8 Å². The summed E-state index contributed by atoms with van der Waals surface area (Å²) in [6.07, 6.45) is 7.01. The Balaban J connectivity index is 0.00000196. The molecule has 158 valence electrons. The van der Waals surface area contributed by atoms with E-state index in [2.05, 4.69) is 46.0 Å². The Kier molecular flexibility index (Phi) is 12.0. The Morgan fingerprint density at radius 3 is 2.61 bits per heavy atom. The van der Waals surface area contributed by atoms with Crippen LogP contribution in [0.5, 0.6) is 5.75 Å². The van der Waals surface area contributed by atoms with E-state index in [0.717, 1.165) is 28.9 Å². The highest BCUT2D eigenvalue weighted by Gasteiger charge is 2.09. The molecule has 1 aliphatic rings. The third-order valence-electron chi connectivity index (χ3n) is 5.09. The molecule has 1 aromatic carbocycles. The zero-order valence-electron chi connectivity index (χ0n) is 16.9. The van der Waals surface area contributed by atoms with E-state index < -0.39 is 0 Å². The molecule has 28 heavy (non-hydrogen) atoms. The van der Waals surface area contributed by atoms with Crippen molar-refractivity contribution >= 4 is 53.2 Å². The van der Waals surface area contributed by atoms with Gasteiger partial charge in [0.05, 0.1) is 18.3 Å². The molecule has 7 heteroatoms. The van der Waals surface area contributed by atoms with Crippen molar-refractivity contribution in [3.8, 4) is 5.75 Å². The van der Waals surface area contributed by atoms with Crippen molar-refractivity contribution in [2.24, 2.45) is 0 Å². The van der Waals surface area contributed by atoms with Crippen molar-refractivity contribution < 1.29 is 4.74 Å². The van der Waals surface area contributed by atoms with E-state index in [1.165, 1.54) is 62.4 Å². The summed E-state index contributed by atoms with van der Waals surface area (Å²) in [6.45, 7) is 6.94. The fourth-order valence-corrected chi connectivity index (χ4v) is 4.45. The highest BCUT2D eigenvalue weighted by atomic mass is 35.5. The van der Waals surface area contributed by atoms with Crippen LogP contribution in [0.1, 0.15) is 31.2 Å². The minimum Gasteiger partial charge on any atom is -0.497 e. The maximum atomic E-state index is 5.46. The number of fused-ring (bicyclic) bond motifs is 1. The fraction of sp³-hybridized carbons (Fsp3) is 0.571. The number of anilines is 1. The number of nitrogens with zero attached hydrogens (tertiary/aromatic N) is 2. The van der Waals surface area contributed by atoms with Gasteiger partial charge < -0.3 is 15.0 Å². The quantitative estimate of drug-likeness (QED) is 0.521. The topological polar surface area (TPSA) is 37.4 Å². The zero-order chi connectivity index (χ0) is 18.2. The molecule has 1 aromatic heterocycles. The minimum absolute atomic E-state index is 0. The van der Waals surface area contributed by atoms with Crippen LogP contribution in [0.4, 0.5) is 5.69 Å². The number of methoxy groups -OCH3 is 1. The van der Waals surface area contributed by atoms with Crippen molar-refractivity contribution in [2.45, 2.75) is 32.6 Å². The lowest BCUT2D eigenvalue weighted by molar-refractivity contribution is 0.294. The number of benzene rings is 1. The van der Waals surface area contributed by atoms with Crippen LogP contribution in [0.25, 0.3) is 10.9 Å². The summed E-state index contributed by atoms with van der Waals surface area (Å²) in [7, 11) is 1.72. The van der Waals surface area contributed by atoms with E-state index in [-0.39, 0.29) is 24.8 Å². The molecule has 0 atom stereocenters. The van der Waals surface area contributed by atoms with Crippen molar-refractivity contribution in [2.75, 3.05) is 50.1 Å². The lowest BCUT2D eigenvalue weighted by atomic mass is 10.1. The summed E-state index contributed by atoms with van der Waals surface area (Å²) in [5.41, 5.74) is 3.34. The minimum atomic E-state index is 0. The summed E-state index contributed by atoms with van der Waals surface area (Å²) >= 11 is 2.09. The largest absolute Gasteiger partial charge is 0.497 e. The lowest BCUT2D eigenvalue weighted by Gasteiger charge is -2.25. The van der Waals surface area contributed by atoms with Gasteiger partial charge in [-0.2, -0.15) is 11.8 Å². The van der Waals surface area contributed by atoms with Crippen LogP contribution in [0, 0.1) is 6.92 Å². The Morgan fingerprint density at radius 2 is 1.86 bits per heavy atom. The van der Waals surface area contributed by atoms with Gasteiger partial charge in [-0.3, -0.25) is 4.98 Å². The third kappa shape index (κ3) is 7.18. The second-order valence-corrected chi connectivity index (χ2v) is 8.22. The number of aryl methyl sites for hydroxylation is 1. The molecule has 0 aliphatic carbocycles. The number of aromatic nitrogens is 1. The Morgan fingerprint density at radius 1 is 1.11 bits per heavy atom. The second-order valence-electron chi connectivity index (χ2n) is 6.99. The Bertz CT molecular complexity index is 711. The van der Waals surface area contributed by atoms with E-state index in [1.807, 2.05) is 12.3 Å². The summed E-state index contributed by atoms with van der Waals surface area (Å²) in [4.78, 5) is 7.19. The van der Waals surface area contributed by atoms with Crippen molar-refractivity contribution in [1.29, 1.82) is 0 Å². The molecule has 0 saturated carbocycles. The number of rotatable bonds is 9. The number of ether oxygens (including phenoxy) is 1. The van der Waals surface area contributed by atoms with Gasteiger partial charge in [0, 0.05) is 48.8 Å². The van der Waals surface area contributed by atoms with Gasteiger partial charge >= 0.3 is 0 Å². The van der Waals surface area contributed by atoms with Crippen LogP contribution < -0.4 is 10.1 Å². The number of unbranched alkanes of at least 4 members (excludes halogenated alkanes) is 3. The maximum Gasteiger partial charge on any atom is 0.121 e. The SMILES string of the molecule is COc1cc(NCCCCCCN2CCSCC2)c2nccc(C)c2c1.Cl.Cl. The molecule has 1 aliphatic heterocycles. The molecule has 0 spiro atoms. The molecule has 2 aromatic rings. The predicted octanol–water partition coefficient (Wildman–Crippen LogP) is 5.42. The van der Waals surface area contributed by atoms with E-state index >= 15 is 0 Å². The summed E-state index contributed by atoms with van der Waals surface area (Å²) in [6, 6.07) is 6.18. The normalized spacial score (nSPS) is 14.2. The number of halogens is 2. The number of nitrogens with one attached hydrogen (secondary N) is 1. The lowest BCUT2D eigenvalue weighted by Crippen LogP contribution is -2.33. The van der Waals surface area contributed by atoms with Crippen molar-refractivity contribution in [3.63, 3.8) is 0 Å². The number of hydrogen-bond acceptors (Lipinski definition) is 5. The molecule has 3 rings (SSSR count). The monoisotopic (exact) mass is 445 g/mol. The molecule has 1 N–H and O–H groups in total. The van der Waals surface area contributed by atoms with E-state index in [9.17, 15) is 0 Å². The molecule has 4 nitrogen and oxygen atoms in total. The van der Waals surface area contributed by atoms with Gasteiger partial charge in [0.25, 0.3) is 0 Å². The average Bonchev–Trinajstić information content (AvgIpc) is 2.68. The highest BCUT2D eigenvalue weighted by Crippen LogP contribution is 2.29. The average molecular weight is 446 g/mol. The van der Waals surface area contributed by atoms with Crippen molar-refractivity contribution in [1.82, 2.24) is 9.88 Å². The first-order chi connectivity index (χ1) is 12.8. The zero-order valence-corrected chi connectivity index (χ0v) is 19.4. The van der Waals surface area contributed by atoms with Crippen LogP contribution in [-0.2, 0) is 0 Å². The highest BCUT2D eigenvalue weighted by molar-refractivity contribution is 7.99. The van der Waals surface area contributed by atoms with Gasteiger partial charge in [-0.1, -0.05) is 12.8 Å². The number of thioether (sulfide) groups is 1. The molecule has 2 heterocycles. The molecule has 0 radical (unpaired) electrons. The first kappa shape index (κ1) is 25.2. The van der Waals surface area contributed by atoms with Gasteiger partial charge in [-0.05, 0) is 44.0 Å². The fourth-order valence-electron chi connectivity index (χ4n) is 3.48. The molecule has 1 fully saturated rings. The van der Waals surface area contributed by atoms with Crippen LogP contribution in [-0.4, -0.2) is 54.7 Å². The smallest absolute Gasteiger partial charge is 0.121 e. The first-order valence-electron chi connectivity index (χ1n) is 9.75. The van der Waals surface area contributed by atoms with Crippen LogP contribution >= 0.6 is 36.6 Å². The molecular formula is C21H33Cl2N3OS. The van der Waals surface area contributed by atoms with Crippen LogP contribution in [0.3, 0.4) is 0 Å². The Hall–Kier alpha value is -0.880. The first-order valence-corrected chi connectivity index (χ1v) is 10.9. The molecule has 0 unspecified atom stereocenters. The van der Waals surface area contributed by atoms with E-state index in [0.29, 0.717) is 0 Å². The summed E-state index contributed by atoms with van der Waals surface area (Å²) in [5.74, 6) is 3.51. The molecule has 0 amide bonds. The molecule has 1 saturated heterocycles. The molecule has 0 bridgehead atoms. The number of hydrogen-bond donors (Lipinski definition) is 1. The summed E-state index contributed by atoms with van der Waals surface area (Å²) < 4.78 is 5.46. The van der Waals surface area contributed by atoms with Crippen molar-refractivity contribution in [3.05, 3.63) is 30.0 Å². The Labute approximate surface area is 186 Å². The number of pyridine rings is 1. The van der Waals surface area contributed by atoms with Gasteiger partial charge in [0.2, 0.25) is 0 Å². The van der Waals surface area contributed by atoms with Gasteiger partial charge in [0.15, 0.2) is 0 Å². The van der Waals surface area contributed by atoms with E-state index in [1.54, 1.807) is 7.11 Å². The summed E-state index contributed by atoms with van der Waals surface area (Å²) in [5, 5.41) is 4.74. The third-order valence-corrected chi connectivity index (χ3v) is 6.03. The van der Waals surface area contributed by atoms with Crippen LogP contribution in [0.15, 0.2) is 24.4 Å². The molecular weight excluding hydrogens is 413 g/mol. The van der Waals surface area contributed by atoms with E-state index in [4.69, 9.17) is 4.74 Å². The second kappa shape index (κ2) is 13.4. The standard InChI is InChI=1S/C21H31N3OS.2ClH/c1-17-7-9-23-21-19(17)15-18(25-2)16-20(21)22-8-5-3-4-6-10-24-11-13-26-14-12-24;;/h7,9,15-16,22H,3-6,8,10-14H2,1-2H3;2*1H. The van der Waals surface area contributed by atoms with Crippen LogP contribution in [0.2, 0.25) is 0 Å². The maximum absolute atomic E-state index is 5.46. The predicted molar refractivity (Wildman–Crippen MR) is 128 cm³/mol. The van der Waals surface area contributed by atoms with Gasteiger partial charge in [-0.25, -0.2) is 0 Å². The van der Waals surface area contributed by atoms with Gasteiger partial charge in [0.1, 0.15) is 5.75 Å².